The molecule has 1 atom stereocenters. The molecule has 1 N–H and O–H groups in total. The summed E-state index contributed by atoms with van der Waals surface area (Å²) in [5.41, 5.74) is -0.468. The molecule has 0 aromatic carbocycles. The zero-order valence-electron chi connectivity index (χ0n) is 12.9. The fraction of sp³-hybridized carbons (Fsp3) is 0.857. The number of carbonyl (C=O) groups is 2. The van der Waals surface area contributed by atoms with Crippen LogP contribution in [0.25, 0.3) is 0 Å². The average molecular weight is 286 g/mol. The maximum Gasteiger partial charge on any atom is 0.410 e. The standard InChI is InChI=1S/C14H26N2O4/c1-11(9-12(17)18)10-15-5-7-16(8-6-15)13(19)20-14(2,3)4/h11H,5-10H2,1-4H3,(H,17,18). The van der Waals surface area contributed by atoms with Crippen molar-refractivity contribution in [2.24, 2.45) is 5.92 Å². The number of carboxylic acid groups (broad SMARTS) is 1. The van der Waals surface area contributed by atoms with E-state index in [9.17, 15) is 9.59 Å². The minimum Gasteiger partial charge on any atom is -0.481 e. The van der Waals surface area contributed by atoms with Gasteiger partial charge < -0.3 is 14.7 Å². The van der Waals surface area contributed by atoms with Crippen LogP contribution in [0.5, 0.6) is 0 Å². The van der Waals surface area contributed by atoms with Gasteiger partial charge in [0, 0.05) is 39.1 Å². The molecule has 0 aromatic rings. The minimum atomic E-state index is -0.759. The molecule has 6 nitrogen and oxygen atoms in total. The SMILES string of the molecule is CC(CC(=O)O)CN1CCN(C(=O)OC(C)(C)C)CC1. The molecule has 116 valence electrons. The highest BCUT2D eigenvalue weighted by molar-refractivity contribution is 5.68. The predicted molar refractivity (Wildman–Crippen MR) is 75.7 cm³/mol. The third-order valence-corrected chi connectivity index (χ3v) is 3.12. The molecule has 1 amide bonds. The van der Waals surface area contributed by atoms with E-state index >= 15 is 0 Å². The third-order valence-electron chi connectivity index (χ3n) is 3.12. The van der Waals surface area contributed by atoms with Crippen LogP contribution in [-0.4, -0.2) is 65.3 Å². The maximum absolute atomic E-state index is 11.9. The first-order valence-electron chi connectivity index (χ1n) is 7.09. The van der Waals surface area contributed by atoms with Crippen molar-refractivity contribution in [1.29, 1.82) is 0 Å². The van der Waals surface area contributed by atoms with Gasteiger partial charge in [-0.3, -0.25) is 9.69 Å². The Hall–Kier alpha value is -1.30. The van der Waals surface area contributed by atoms with Gasteiger partial charge in [-0.25, -0.2) is 4.79 Å². The fourth-order valence-corrected chi connectivity index (χ4v) is 2.24. The lowest BCUT2D eigenvalue weighted by molar-refractivity contribution is -0.138. The van der Waals surface area contributed by atoms with Gasteiger partial charge in [0.1, 0.15) is 5.60 Å². The number of ether oxygens (including phenoxy) is 1. The Kier molecular flexibility index (Phi) is 5.80. The highest BCUT2D eigenvalue weighted by Crippen LogP contribution is 2.13. The van der Waals surface area contributed by atoms with Gasteiger partial charge in [0.05, 0.1) is 0 Å². The maximum atomic E-state index is 11.9. The molecule has 1 saturated heterocycles. The summed E-state index contributed by atoms with van der Waals surface area (Å²) in [4.78, 5) is 26.4. The van der Waals surface area contributed by atoms with Gasteiger partial charge in [-0.05, 0) is 26.7 Å². The molecule has 0 aromatic heterocycles. The molecule has 0 bridgehead atoms. The number of nitrogens with zero attached hydrogens (tertiary/aromatic N) is 2. The molecule has 0 aliphatic carbocycles. The van der Waals surface area contributed by atoms with Gasteiger partial charge >= 0.3 is 12.1 Å². The monoisotopic (exact) mass is 286 g/mol. The van der Waals surface area contributed by atoms with Gasteiger partial charge in [0.15, 0.2) is 0 Å². The summed E-state index contributed by atoms with van der Waals surface area (Å²) < 4.78 is 5.34. The summed E-state index contributed by atoms with van der Waals surface area (Å²) in [6, 6.07) is 0. The van der Waals surface area contributed by atoms with Gasteiger partial charge in [0.2, 0.25) is 0 Å². The van der Waals surface area contributed by atoms with E-state index in [1.807, 2.05) is 27.7 Å². The number of rotatable bonds is 4. The van der Waals surface area contributed by atoms with Crippen LogP contribution < -0.4 is 0 Å². The number of hydrogen-bond acceptors (Lipinski definition) is 4. The van der Waals surface area contributed by atoms with Crippen LogP contribution in [0.15, 0.2) is 0 Å². The van der Waals surface area contributed by atoms with E-state index in [1.165, 1.54) is 0 Å². The highest BCUT2D eigenvalue weighted by Gasteiger charge is 2.26. The lowest BCUT2D eigenvalue weighted by atomic mass is 10.1. The van der Waals surface area contributed by atoms with Crippen LogP contribution in [0.2, 0.25) is 0 Å². The van der Waals surface area contributed by atoms with Crippen molar-refractivity contribution >= 4 is 12.1 Å². The largest absolute Gasteiger partial charge is 0.481 e. The van der Waals surface area contributed by atoms with Crippen LogP contribution in [-0.2, 0) is 9.53 Å². The first-order chi connectivity index (χ1) is 9.17. The van der Waals surface area contributed by atoms with E-state index in [0.29, 0.717) is 13.1 Å². The third kappa shape index (κ3) is 6.23. The van der Waals surface area contributed by atoms with Gasteiger partial charge in [-0.1, -0.05) is 6.92 Å². The number of hydrogen-bond donors (Lipinski definition) is 1. The van der Waals surface area contributed by atoms with E-state index < -0.39 is 11.6 Å². The van der Waals surface area contributed by atoms with Crippen molar-refractivity contribution in [3.63, 3.8) is 0 Å². The first-order valence-corrected chi connectivity index (χ1v) is 7.09. The molecular weight excluding hydrogens is 260 g/mol. The van der Waals surface area contributed by atoms with E-state index in [4.69, 9.17) is 9.84 Å². The molecule has 0 spiro atoms. The second-order valence-electron chi connectivity index (χ2n) is 6.47. The molecule has 20 heavy (non-hydrogen) atoms. The van der Waals surface area contributed by atoms with Crippen LogP contribution in [0.3, 0.4) is 0 Å². The molecule has 6 heteroatoms. The van der Waals surface area contributed by atoms with Crippen molar-refractivity contribution in [2.45, 2.75) is 39.7 Å². The lowest BCUT2D eigenvalue weighted by Crippen LogP contribution is -2.50. The van der Waals surface area contributed by atoms with Gasteiger partial charge in [-0.2, -0.15) is 0 Å². The number of carboxylic acids is 1. The van der Waals surface area contributed by atoms with E-state index in [2.05, 4.69) is 4.90 Å². The number of carbonyl (C=O) groups excluding carboxylic acids is 1. The molecule has 1 fully saturated rings. The zero-order chi connectivity index (χ0) is 15.3. The van der Waals surface area contributed by atoms with E-state index in [-0.39, 0.29) is 18.4 Å². The highest BCUT2D eigenvalue weighted by atomic mass is 16.6. The van der Waals surface area contributed by atoms with Crippen molar-refractivity contribution in [2.75, 3.05) is 32.7 Å². The lowest BCUT2D eigenvalue weighted by Gasteiger charge is -2.36. The summed E-state index contributed by atoms with van der Waals surface area (Å²) in [6.07, 6.45) is -0.0811. The van der Waals surface area contributed by atoms with Crippen LogP contribution in [0, 0.1) is 5.92 Å². The van der Waals surface area contributed by atoms with Crippen LogP contribution in [0.1, 0.15) is 34.1 Å². The summed E-state index contributed by atoms with van der Waals surface area (Å²) in [5, 5.41) is 8.75. The Morgan fingerprint density at radius 1 is 1.20 bits per heavy atom. The van der Waals surface area contributed by atoms with Crippen molar-refractivity contribution in [1.82, 2.24) is 9.80 Å². The summed E-state index contributed by atoms with van der Waals surface area (Å²) >= 11 is 0. The van der Waals surface area contributed by atoms with Crippen molar-refractivity contribution in [3.05, 3.63) is 0 Å². The second kappa shape index (κ2) is 6.92. The van der Waals surface area contributed by atoms with Gasteiger partial charge in [0.25, 0.3) is 0 Å². The number of piperazine rings is 1. The Balaban J connectivity index is 2.33. The Morgan fingerprint density at radius 3 is 2.20 bits per heavy atom. The first kappa shape index (κ1) is 16.8. The second-order valence-corrected chi connectivity index (χ2v) is 6.47. The van der Waals surface area contributed by atoms with Crippen LogP contribution in [0.4, 0.5) is 4.79 Å². The molecule has 1 unspecified atom stereocenters. The topological polar surface area (TPSA) is 70.1 Å². The number of aliphatic carboxylic acids is 1. The van der Waals surface area contributed by atoms with Crippen molar-refractivity contribution < 1.29 is 19.4 Å². The predicted octanol–water partition coefficient (Wildman–Crippen LogP) is 1.65. The smallest absolute Gasteiger partial charge is 0.410 e. The fourth-order valence-electron chi connectivity index (χ4n) is 2.24. The van der Waals surface area contributed by atoms with Gasteiger partial charge in [-0.15, -0.1) is 0 Å². The molecular formula is C14H26N2O4. The quantitative estimate of drug-likeness (QED) is 0.851. The zero-order valence-corrected chi connectivity index (χ0v) is 12.9. The molecule has 1 heterocycles. The summed E-state index contributed by atoms with van der Waals surface area (Å²) in [7, 11) is 0. The molecule has 1 rings (SSSR count). The summed E-state index contributed by atoms with van der Waals surface area (Å²) in [6.45, 7) is 11.1. The molecule has 0 saturated carbocycles. The molecule has 1 aliphatic rings. The Bertz CT molecular complexity index is 344. The van der Waals surface area contributed by atoms with Crippen LogP contribution >= 0.6 is 0 Å². The number of amides is 1. The normalized spacial score (nSPS) is 18.7. The minimum absolute atomic E-state index is 0.126. The van der Waals surface area contributed by atoms with E-state index in [0.717, 1.165) is 19.6 Å². The molecule has 0 radical (unpaired) electrons. The van der Waals surface area contributed by atoms with E-state index in [1.54, 1.807) is 4.90 Å². The molecule has 1 aliphatic heterocycles. The average Bonchev–Trinajstić information content (AvgIpc) is 2.26. The summed E-state index contributed by atoms with van der Waals surface area (Å²) in [5.74, 6) is -0.634. The Morgan fingerprint density at radius 2 is 1.75 bits per heavy atom. The van der Waals surface area contributed by atoms with Crippen molar-refractivity contribution in [3.8, 4) is 0 Å². The Labute approximate surface area is 120 Å².